The van der Waals surface area contributed by atoms with Crippen molar-refractivity contribution in [3.8, 4) is 11.1 Å². The van der Waals surface area contributed by atoms with Crippen LogP contribution in [0.2, 0.25) is 5.02 Å². The molecule has 1 N–H and O–H groups in total. The molecule has 0 bridgehead atoms. The lowest BCUT2D eigenvalue weighted by molar-refractivity contribution is 0.626. The number of nitrogens with zero attached hydrogens (tertiary/aromatic N) is 2. The number of pyridine rings is 1. The summed E-state index contributed by atoms with van der Waals surface area (Å²) in [7, 11) is 0. The largest absolute Gasteiger partial charge is 0.351 e. The lowest BCUT2D eigenvalue weighted by Crippen LogP contribution is -2.22. The molecule has 3 aromatic rings. The molecule has 0 atom stereocenters. The zero-order valence-corrected chi connectivity index (χ0v) is 13.9. The van der Waals surface area contributed by atoms with Crippen LogP contribution in [-0.2, 0) is 6.54 Å². The van der Waals surface area contributed by atoms with E-state index in [0.717, 1.165) is 28.2 Å². The van der Waals surface area contributed by atoms with Crippen molar-refractivity contribution in [1.82, 2.24) is 4.98 Å². The summed E-state index contributed by atoms with van der Waals surface area (Å²) in [5.41, 5.74) is 3.61. The summed E-state index contributed by atoms with van der Waals surface area (Å²) < 4.78 is 26.4. The predicted molar refractivity (Wildman–Crippen MR) is 95.7 cm³/mol. The van der Waals surface area contributed by atoms with Gasteiger partial charge in [-0.15, -0.1) is 0 Å². The smallest absolute Gasteiger partial charge is 0.151 e. The zero-order chi connectivity index (χ0) is 17.4. The van der Waals surface area contributed by atoms with E-state index >= 15 is 0 Å². The topological polar surface area (TPSA) is 28.2 Å². The third kappa shape index (κ3) is 3.15. The van der Waals surface area contributed by atoms with Gasteiger partial charge in [-0.2, -0.15) is 0 Å². The SMILES string of the molecule is Fc1ccc(CN2CNc3ncc(-c4ccc(F)c(Cl)c4)cc32)cc1. The molecule has 6 heteroatoms. The van der Waals surface area contributed by atoms with Gasteiger partial charge in [0.2, 0.25) is 0 Å². The third-order valence-electron chi connectivity index (χ3n) is 4.19. The quantitative estimate of drug-likeness (QED) is 0.709. The Morgan fingerprint density at radius 1 is 1.04 bits per heavy atom. The van der Waals surface area contributed by atoms with Crippen LogP contribution in [0.1, 0.15) is 5.56 Å². The molecular weight excluding hydrogens is 344 g/mol. The average molecular weight is 358 g/mol. The first-order valence-corrected chi connectivity index (χ1v) is 8.17. The summed E-state index contributed by atoms with van der Waals surface area (Å²) in [6.07, 6.45) is 1.73. The lowest BCUT2D eigenvalue weighted by atomic mass is 10.1. The van der Waals surface area contributed by atoms with E-state index in [0.29, 0.717) is 13.2 Å². The van der Waals surface area contributed by atoms with Crippen molar-refractivity contribution in [3.05, 3.63) is 76.9 Å². The van der Waals surface area contributed by atoms with Crippen molar-refractivity contribution >= 4 is 23.1 Å². The van der Waals surface area contributed by atoms with Crippen LogP contribution in [-0.4, -0.2) is 11.7 Å². The molecule has 0 saturated heterocycles. The first kappa shape index (κ1) is 15.8. The normalized spacial score (nSPS) is 12.8. The standard InChI is InChI=1S/C19H14ClF2N3/c20-16-7-13(3-6-17(16)22)14-8-18-19(23-9-14)24-11-25(18)10-12-1-4-15(21)5-2-12/h1-9H,10-11H2,(H,23,24). The molecule has 3 nitrogen and oxygen atoms in total. The van der Waals surface area contributed by atoms with Crippen molar-refractivity contribution in [3.63, 3.8) is 0 Å². The van der Waals surface area contributed by atoms with Crippen LogP contribution in [0.4, 0.5) is 20.3 Å². The molecule has 0 radical (unpaired) electrons. The summed E-state index contributed by atoms with van der Waals surface area (Å²) in [4.78, 5) is 6.56. The van der Waals surface area contributed by atoms with Gasteiger partial charge in [0, 0.05) is 18.3 Å². The number of fused-ring (bicyclic) bond motifs is 1. The van der Waals surface area contributed by atoms with Crippen molar-refractivity contribution in [2.75, 3.05) is 16.9 Å². The van der Waals surface area contributed by atoms with Crippen LogP contribution >= 0.6 is 11.6 Å². The van der Waals surface area contributed by atoms with Gasteiger partial charge >= 0.3 is 0 Å². The molecule has 0 aliphatic carbocycles. The molecule has 1 aliphatic rings. The molecule has 0 spiro atoms. The molecule has 2 heterocycles. The van der Waals surface area contributed by atoms with Crippen LogP contribution < -0.4 is 10.2 Å². The van der Waals surface area contributed by atoms with Crippen LogP contribution in [0.25, 0.3) is 11.1 Å². The zero-order valence-electron chi connectivity index (χ0n) is 13.1. The summed E-state index contributed by atoms with van der Waals surface area (Å²) in [6, 6.07) is 13.1. The monoisotopic (exact) mass is 357 g/mol. The molecular formula is C19H14ClF2N3. The van der Waals surface area contributed by atoms with E-state index in [2.05, 4.69) is 15.2 Å². The van der Waals surface area contributed by atoms with Crippen LogP contribution in [0.15, 0.2) is 54.7 Å². The second kappa shape index (κ2) is 6.33. The molecule has 2 aromatic carbocycles. The fourth-order valence-electron chi connectivity index (χ4n) is 2.87. The molecule has 126 valence electrons. The van der Waals surface area contributed by atoms with Gasteiger partial charge in [0.1, 0.15) is 11.6 Å². The lowest BCUT2D eigenvalue weighted by Gasteiger charge is -2.18. The minimum absolute atomic E-state index is 0.0827. The van der Waals surface area contributed by atoms with E-state index in [4.69, 9.17) is 11.6 Å². The first-order valence-electron chi connectivity index (χ1n) is 7.79. The summed E-state index contributed by atoms with van der Waals surface area (Å²) in [5.74, 6) is 0.0963. The Morgan fingerprint density at radius 3 is 2.60 bits per heavy atom. The Balaban J connectivity index is 1.64. The van der Waals surface area contributed by atoms with Gasteiger partial charge in [0.05, 0.1) is 17.4 Å². The second-order valence-electron chi connectivity index (χ2n) is 5.88. The predicted octanol–water partition coefficient (Wildman–Crippen LogP) is 5.07. The Kier molecular flexibility index (Phi) is 4.01. The number of halogens is 3. The highest BCUT2D eigenvalue weighted by Gasteiger charge is 2.21. The fraction of sp³-hybridized carbons (Fsp3) is 0.105. The molecule has 0 saturated carbocycles. The fourth-order valence-corrected chi connectivity index (χ4v) is 3.05. The molecule has 1 aliphatic heterocycles. The maximum Gasteiger partial charge on any atom is 0.151 e. The molecule has 0 fully saturated rings. The Labute approximate surface area is 148 Å². The second-order valence-corrected chi connectivity index (χ2v) is 6.29. The van der Waals surface area contributed by atoms with Gasteiger partial charge in [-0.25, -0.2) is 13.8 Å². The van der Waals surface area contributed by atoms with Gasteiger partial charge in [-0.05, 0) is 41.5 Å². The van der Waals surface area contributed by atoms with E-state index in [9.17, 15) is 8.78 Å². The van der Waals surface area contributed by atoms with Crippen LogP contribution in [0.5, 0.6) is 0 Å². The van der Waals surface area contributed by atoms with E-state index < -0.39 is 5.82 Å². The maximum absolute atomic E-state index is 13.4. The van der Waals surface area contributed by atoms with Gasteiger partial charge in [-0.3, -0.25) is 0 Å². The molecule has 1 aromatic heterocycles. The Morgan fingerprint density at radius 2 is 1.84 bits per heavy atom. The van der Waals surface area contributed by atoms with Gasteiger partial charge in [0.25, 0.3) is 0 Å². The third-order valence-corrected chi connectivity index (χ3v) is 4.47. The van der Waals surface area contributed by atoms with Crippen molar-refractivity contribution < 1.29 is 8.78 Å². The highest BCUT2D eigenvalue weighted by Crippen LogP contribution is 2.35. The molecule has 0 amide bonds. The van der Waals surface area contributed by atoms with E-state index in [1.165, 1.54) is 18.2 Å². The minimum atomic E-state index is -0.445. The molecule has 0 unspecified atom stereocenters. The van der Waals surface area contributed by atoms with Crippen molar-refractivity contribution in [2.24, 2.45) is 0 Å². The number of aromatic nitrogens is 1. The summed E-state index contributed by atoms with van der Waals surface area (Å²) in [6.45, 7) is 1.25. The summed E-state index contributed by atoms with van der Waals surface area (Å²) in [5, 5.41) is 3.32. The number of benzene rings is 2. The molecule has 25 heavy (non-hydrogen) atoms. The van der Waals surface area contributed by atoms with Crippen LogP contribution in [0, 0.1) is 11.6 Å². The van der Waals surface area contributed by atoms with E-state index in [1.54, 1.807) is 30.5 Å². The Hall–Kier alpha value is -2.66. The summed E-state index contributed by atoms with van der Waals surface area (Å²) >= 11 is 5.88. The van der Waals surface area contributed by atoms with Crippen molar-refractivity contribution in [2.45, 2.75) is 6.54 Å². The highest BCUT2D eigenvalue weighted by molar-refractivity contribution is 6.31. The van der Waals surface area contributed by atoms with Gasteiger partial charge < -0.3 is 10.2 Å². The number of hydrogen-bond donors (Lipinski definition) is 1. The number of rotatable bonds is 3. The van der Waals surface area contributed by atoms with Gasteiger partial charge in [0.15, 0.2) is 5.82 Å². The maximum atomic E-state index is 13.4. The minimum Gasteiger partial charge on any atom is -0.351 e. The average Bonchev–Trinajstić information content (AvgIpc) is 3.01. The highest BCUT2D eigenvalue weighted by atomic mass is 35.5. The van der Waals surface area contributed by atoms with Crippen LogP contribution in [0.3, 0.4) is 0 Å². The van der Waals surface area contributed by atoms with Gasteiger partial charge in [-0.1, -0.05) is 29.8 Å². The number of anilines is 2. The Bertz CT molecular complexity index is 928. The first-order chi connectivity index (χ1) is 12.1. The van der Waals surface area contributed by atoms with Crippen molar-refractivity contribution in [1.29, 1.82) is 0 Å². The number of hydrogen-bond acceptors (Lipinski definition) is 3. The van der Waals surface area contributed by atoms with E-state index in [-0.39, 0.29) is 10.8 Å². The van der Waals surface area contributed by atoms with E-state index in [1.807, 2.05) is 6.07 Å². The number of nitrogens with one attached hydrogen (secondary N) is 1. The molecule has 4 rings (SSSR count).